The summed E-state index contributed by atoms with van der Waals surface area (Å²) in [6, 6.07) is 16.1. The van der Waals surface area contributed by atoms with E-state index in [0.717, 1.165) is 46.7 Å². The minimum absolute atomic E-state index is 0.0240. The van der Waals surface area contributed by atoms with E-state index in [9.17, 15) is 9.59 Å². The number of hydrogen-bond donors (Lipinski definition) is 2. The van der Waals surface area contributed by atoms with Crippen molar-refractivity contribution < 1.29 is 9.59 Å². The van der Waals surface area contributed by atoms with Gasteiger partial charge in [0.1, 0.15) is 0 Å². The zero-order chi connectivity index (χ0) is 26.4. The number of benzene rings is 2. The van der Waals surface area contributed by atoms with Gasteiger partial charge in [0.25, 0.3) is 5.91 Å². The largest absolute Gasteiger partial charge is 0.323 e. The molecule has 2 amide bonds. The van der Waals surface area contributed by atoms with Crippen molar-refractivity contribution in [3.05, 3.63) is 100 Å². The molecule has 2 aliphatic rings. The minimum Gasteiger partial charge on any atom is -0.323 e. The Hall–Kier alpha value is -4.30. The molecular weight excluding hydrogens is 500 g/mol. The Morgan fingerprint density at radius 1 is 0.974 bits per heavy atom. The van der Waals surface area contributed by atoms with Crippen molar-refractivity contribution in [2.45, 2.75) is 38.6 Å². The molecule has 38 heavy (non-hydrogen) atoms. The number of aromatic nitrogens is 3. The molecule has 1 aliphatic heterocycles. The SMILES string of the molecule is Cc1ccc(Nc2ncc3c(n2)C2(CC2)C(=O)N(c2cc(NC(=O)c4ccc(Cl)cc4)ccc2C)C3)cn1. The van der Waals surface area contributed by atoms with Crippen LogP contribution in [0.2, 0.25) is 5.02 Å². The number of carbonyl (C=O) groups excluding carboxylic acids is 2. The van der Waals surface area contributed by atoms with Crippen LogP contribution in [0.5, 0.6) is 0 Å². The molecule has 8 nitrogen and oxygen atoms in total. The van der Waals surface area contributed by atoms with Gasteiger partial charge in [0.05, 0.1) is 29.5 Å². The average molecular weight is 525 g/mol. The van der Waals surface area contributed by atoms with Crippen molar-refractivity contribution in [1.82, 2.24) is 15.0 Å². The van der Waals surface area contributed by atoms with E-state index in [1.807, 2.05) is 44.2 Å². The molecular formula is C29H25ClN6O2. The Balaban J connectivity index is 1.28. The second kappa shape index (κ2) is 9.22. The van der Waals surface area contributed by atoms with Gasteiger partial charge in [-0.05, 0) is 80.8 Å². The molecule has 4 aromatic rings. The van der Waals surface area contributed by atoms with E-state index in [1.165, 1.54) is 0 Å². The summed E-state index contributed by atoms with van der Waals surface area (Å²) in [6.45, 7) is 4.25. The van der Waals surface area contributed by atoms with E-state index in [4.69, 9.17) is 16.6 Å². The quantitative estimate of drug-likeness (QED) is 0.346. The van der Waals surface area contributed by atoms with Crippen molar-refractivity contribution in [2.75, 3.05) is 15.5 Å². The topological polar surface area (TPSA) is 100 Å². The molecule has 1 spiro atoms. The van der Waals surface area contributed by atoms with Gasteiger partial charge < -0.3 is 15.5 Å². The third-order valence-electron chi connectivity index (χ3n) is 7.08. The zero-order valence-electron chi connectivity index (χ0n) is 21.0. The van der Waals surface area contributed by atoms with Gasteiger partial charge >= 0.3 is 0 Å². The highest BCUT2D eigenvalue weighted by molar-refractivity contribution is 6.30. The van der Waals surface area contributed by atoms with Gasteiger partial charge in [-0.25, -0.2) is 9.97 Å². The maximum atomic E-state index is 13.9. The van der Waals surface area contributed by atoms with E-state index in [0.29, 0.717) is 28.8 Å². The fourth-order valence-corrected chi connectivity index (χ4v) is 4.95. The number of hydrogen-bond acceptors (Lipinski definition) is 6. The van der Waals surface area contributed by atoms with Crippen LogP contribution in [0, 0.1) is 13.8 Å². The lowest BCUT2D eigenvalue weighted by atomic mass is 9.91. The highest BCUT2D eigenvalue weighted by Gasteiger charge is 2.58. The molecule has 6 rings (SSSR count). The number of carbonyl (C=O) groups is 2. The number of rotatable bonds is 5. The molecule has 1 saturated carbocycles. The molecule has 0 radical (unpaired) electrons. The van der Waals surface area contributed by atoms with Crippen LogP contribution in [0.4, 0.5) is 23.0 Å². The van der Waals surface area contributed by atoms with Crippen LogP contribution in [-0.4, -0.2) is 26.8 Å². The molecule has 0 bridgehead atoms. The van der Waals surface area contributed by atoms with Gasteiger partial charge in [-0.1, -0.05) is 17.7 Å². The third-order valence-corrected chi connectivity index (χ3v) is 7.33. The van der Waals surface area contributed by atoms with Crippen molar-refractivity contribution in [3.8, 4) is 0 Å². The second-order valence-electron chi connectivity index (χ2n) is 9.82. The van der Waals surface area contributed by atoms with Crippen LogP contribution in [-0.2, 0) is 16.8 Å². The van der Waals surface area contributed by atoms with Gasteiger partial charge in [0.2, 0.25) is 11.9 Å². The number of pyridine rings is 1. The first-order valence-corrected chi connectivity index (χ1v) is 12.8. The molecule has 9 heteroatoms. The normalized spacial score (nSPS) is 15.2. The summed E-state index contributed by atoms with van der Waals surface area (Å²) in [5.74, 6) is 0.226. The second-order valence-corrected chi connectivity index (χ2v) is 10.3. The molecule has 1 fully saturated rings. The number of amides is 2. The predicted octanol–water partition coefficient (Wildman–Crippen LogP) is 5.72. The van der Waals surface area contributed by atoms with E-state index in [1.54, 1.807) is 41.6 Å². The third kappa shape index (κ3) is 4.37. The van der Waals surface area contributed by atoms with Gasteiger partial charge in [0, 0.05) is 39.4 Å². The smallest absolute Gasteiger partial charge is 0.255 e. The highest BCUT2D eigenvalue weighted by Crippen LogP contribution is 2.53. The fourth-order valence-electron chi connectivity index (χ4n) is 4.82. The molecule has 190 valence electrons. The Kier molecular flexibility index (Phi) is 5.84. The summed E-state index contributed by atoms with van der Waals surface area (Å²) >= 11 is 5.94. The van der Waals surface area contributed by atoms with E-state index < -0.39 is 5.41 Å². The summed E-state index contributed by atoms with van der Waals surface area (Å²) in [4.78, 5) is 42.0. The molecule has 1 aliphatic carbocycles. The summed E-state index contributed by atoms with van der Waals surface area (Å²) in [5, 5.41) is 6.70. The van der Waals surface area contributed by atoms with Crippen LogP contribution >= 0.6 is 11.6 Å². The van der Waals surface area contributed by atoms with Crippen molar-refractivity contribution >= 4 is 46.4 Å². The highest BCUT2D eigenvalue weighted by atomic mass is 35.5. The van der Waals surface area contributed by atoms with E-state index >= 15 is 0 Å². The van der Waals surface area contributed by atoms with Crippen LogP contribution in [0.3, 0.4) is 0 Å². The Labute approximate surface area is 225 Å². The average Bonchev–Trinajstić information content (AvgIpc) is 3.71. The monoisotopic (exact) mass is 524 g/mol. The van der Waals surface area contributed by atoms with Crippen LogP contribution < -0.4 is 15.5 Å². The van der Waals surface area contributed by atoms with Crippen molar-refractivity contribution in [3.63, 3.8) is 0 Å². The summed E-state index contributed by atoms with van der Waals surface area (Å²) in [7, 11) is 0. The molecule has 0 saturated heterocycles. The summed E-state index contributed by atoms with van der Waals surface area (Å²) in [5.41, 5.74) is 5.59. The number of nitrogens with zero attached hydrogens (tertiary/aromatic N) is 4. The van der Waals surface area contributed by atoms with Gasteiger partial charge in [0.15, 0.2) is 0 Å². The number of nitrogens with one attached hydrogen (secondary N) is 2. The molecule has 2 aromatic heterocycles. The van der Waals surface area contributed by atoms with Crippen LogP contribution in [0.25, 0.3) is 0 Å². The van der Waals surface area contributed by atoms with Crippen molar-refractivity contribution in [1.29, 1.82) is 0 Å². The number of aryl methyl sites for hydroxylation is 2. The fraction of sp³-hybridized carbons (Fsp3) is 0.207. The number of anilines is 4. The maximum Gasteiger partial charge on any atom is 0.255 e. The Morgan fingerprint density at radius 2 is 1.74 bits per heavy atom. The first-order chi connectivity index (χ1) is 18.3. The number of halogens is 1. The lowest BCUT2D eigenvalue weighted by molar-refractivity contribution is -0.121. The van der Waals surface area contributed by atoms with Gasteiger partial charge in [-0.2, -0.15) is 0 Å². The van der Waals surface area contributed by atoms with Crippen molar-refractivity contribution in [2.24, 2.45) is 0 Å². The lowest BCUT2D eigenvalue weighted by Crippen LogP contribution is -2.45. The first-order valence-electron chi connectivity index (χ1n) is 12.4. The molecule has 3 heterocycles. The standard InChI is InChI=1S/C29H25ClN6O2/c1-17-3-9-22(33-26(37)19-5-7-21(30)8-6-19)13-24(17)36-16-20-14-32-28(34-23-10-4-18(2)31-15-23)35-25(20)29(11-12-29)27(36)38/h3-10,13-15H,11-12,16H2,1-2H3,(H,33,37)(H,32,34,35). The zero-order valence-corrected chi connectivity index (χ0v) is 21.7. The summed E-state index contributed by atoms with van der Waals surface area (Å²) < 4.78 is 0. The van der Waals surface area contributed by atoms with Gasteiger partial charge in [-0.15, -0.1) is 0 Å². The Bertz CT molecular complexity index is 1570. The first kappa shape index (κ1) is 24.1. The predicted molar refractivity (Wildman–Crippen MR) is 147 cm³/mol. The summed E-state index contributed by atoms with van der Waals surface area (Å²) in [6.07, 6.45) is 5.01. The molecule has 2 aromatic carbocycles. The van der Waals surface area contributed by atoms with E-state index in [-0.39, 0.29) is 11.8 Å². The van der Waals surface area contributed by atoms with Crippen LogP contribution in [0.1, 0.15) is 45.7 Å². The number of fused-ring (bicyclic) bond motifs is 2. The van der Waals surface area contributed by atoms with E-state index in [2.05, 4.69) is 20.6 Å². The molecule has 2 N–H and O–H groups in total. The van der Waals surface area contributed by atoms with Crippen LogP contribution in [0.15, 0.2) is 67.0 Å². The lowest BCUT2D eigenvalue weighted by Gasteiger charge is -2.34. The molecule has 0 atom stereocenters. The molecule has 0 unspecified atom stereocenters. The minimum atomic E-state index is -0.645. The Morgan fingerprint density at radius 3 is 2.45 bits per heavy atom. The maximum absolute atomic E-state index is 13.9. The van der Waals surface area contributed by atoms with Gasteiger partial charge in [-0.3, -0.25) is 14.6 Å².